The van der Waals surface area contributed by atoms with Gasteiger partial charge in [-0.25, -0.2) is 8.42 Å². The van der Waals surface area contributed by atoms with Crippen LogP contribution in [-0.2, 0) is 16.3 Å². The first-order valence-electron chi connectivity index (χ1n) is 9.43. The van der Waals surface area contributed by atoms with Crippen molar-refractivity contribution >= 4 is 9.84 Å². The van der Waals surface area contributed by atoms with E-state index in [4.69, 9.17) is 0 Å². The smallest absolute Gasteiger partial charge is 0.406 e. The molecule has 1 aromatic carbocycles. The van der Waals surface area contributed by atoms with Gasteiger partial charge in [-0.05, 0) is 76.0 Å². The minimum Gasteiger partial charge on any atom is -0.406 e. The topological polar surface area (TPSA) is 43.4 Å². The molecule has 0 heterocycles. The number of aryl methyl sites for hydroxylation is 1. The third kappa shape index (κ3) is 7.01. The summed E-state index contributed by atoms with van der Waals surface area (Å²) in [6.07, 6.45) is 0.997. The third-order valence-corrected chi connectivity index (χ3v) is 8.13. The Kier molecular flexibility index (Phi) is 6.87. The summed E-state index contributed by atoms with van der Waals surface area (Å²) in [5.74, 6) is 0.852. The van der Waals surface area contributed by atoms with Crippen LogP contribution in [0.1, 0.15) is 58.4 Å². The number of rotatable bonds is 6. The fraction of sp³-hybridized carbons (Fsp3) is 0.700. The predicted octanol–water partition coefficient (Wildman–Crippen LogP) is 5.54. The lowest BCUT2D eigenvalue weighted by Crippen LogP contribution is -2.34. The number of ether oxygens (including phenoxy) is 1. The quantitative estimate of drug-likeness (QED) is 0.623. The van der Waals surface area contributed by atoms with E-state index in [1.807, 2.05) is 0 Å². The molecule has 1 aliphatic rings. The van der Waals surface area contributed by atoms with Crippen molar-refractivity contribution in [3.63, 3.8) is 0 Å². The summed E-state index contributed by atoms with van der Waals surface area (Å²) in [4.78, 5) is 0. The fourth-order valence-electron chi connectivity index (χ4n) is 3.48. The normalized spacial score (nSPS) is 21.9. The summed E-state index contributed by atoms with van der Waals surface area (Å²) in [5, 5.41) is 0. The lowest BCUT2D eigenvalue weighted by atomic mass is 9.80. The molecule has 154 valence electrons. The third-order valence-electron chi connectivity index (χ3n) is 5.35. The Morgan fingerprint density at radius 2 is 1.48 bits per heavy atom. The Morgan fingerprint density at radius 3 is 1.96 bits per heavy atom. The maximum absolute atomic E-state index is 12.3. The Morgan fingerprint density at radius 1 is 0.963 bits per heavy atom. The molecule has 0 atom stereocenters. The number of benzene rings is 1. The first-order valence-corrected chi connectivity index (χ1v) is 11.1. The Labute approximate surface area is 160 Å². The Hall–Kier alpha value is -1.24. The predicted molar refractivity (Wildman–Crippen MR) is 100 cm³/mol. The van der Waals surface area contributed by atoms with Crippen molar-refractivity contribution in [1.29, 1.82) is 0 Å². The molecule has 2 rings (SSSR count). The van der Waals surface area contributed by atoms with E-state index in [1.165, 1.54) is 12.1 Å². The summed E-state index contributed by atoms with van der Waals surface area (Å²) in [5.41, 5.74) is 0.988. The maximum Gasteiger partial charge on any atom is 0.573 e. The lowest BCUT2D eigenvalue weighted by Gasteiger charge is -2.30. The molecule has 1 aliphatic carbocycles. The van der Waals surface area contributed by atoms with Crippen LogP contribution in [0.3, 0.4) is 0 Å². The van der Waals surface area contributed by atoms with Crippen LogP contribution >= 0.6 is 0 Å². The van der Waals surface area contributed by atoms with Gasteiger partial charge in [0.2, 0.25) is 0 Å². The fourth-order valence-corrected chi connectivity index (χ4v) is 4.93. The van der Waals surface area contributed by atoms with E-state index < -0.39 is 20.9 Å². The van der Waals surface area contributed by atoms with Crippen LogP contribution in [0.2, 0.25) is 0 Å². The van der Waals surface area contributed by atoms with Gasteiger partial charge in [-0.15, -0.1) is 13.2 Å². The molecule has 3 nitrogen and oxygen atoms in total. The summed E-state index contributed by atoms with van der Waals surface area (Å²) < 4.78 is 64.4. The summed E-state index contributed by atoms with van der Waals surface area (Å²) in [6.45, 7) is 5.25. The molecular formula is C20H29F3O3S. The molecule has 0 bridgehead atoms. The second-order valence-corrected chi connectivity index (χ2v) is 11.3. The van der Waals surface area contributed by atoms with Gasteiger partial charge in [-0.2, -0.15) is 0 Å². The van der Waals surface area contributed by atoms with Gasteiger partial charge in [0.25, 0.3) is 0 Å². The SMILES string of the molecule is CC(C)(C)S(=O)(=O)CC1CCC(CCc2ccc(OC(F)(F)F)cc2)CC1. The summed E-state index contributed by atoms with van der Waals surface area (Å²) in [6, 6.07) is 6.03. The largest absolute Gasteiger partial charge is 0.573 e. The molecule has 0 aliphatic heterocycles. The second kappa shape index (κ2) is 8.41. The van der Waals surface area contributed by atoms with Gasteiger partial charge in [-0.3, -0.25) is 0 Å². The van der Waals surface area contributed by atoms with Crippen molar-refractivity contribution < 1.29 is 26.3 Å². The maximum atomic E-state index is 12.3. The standard InChI is InChI=1S/C20H29F3O3S/c1-19(2,3)27(24,25)14-17-8-6-15(7-9-17)4-5-16-10-12-18(13-11-16)26-20(21,22)23/h10-13,15,17H,4-9,14H2,1-3H3. The number of alkyl halides is 3. The summed E-state index contributed by atoms with van der Waals surface area (Å²) in [7, 11) is -3.08. The minimum atomic E-state index is -4.67. The first kappa shape index (κ1) is 22.1. The van der Waals surface area contributed by atoms with Gasteiger partial charge in [0.05, 0.1) is 10.5 Å². The molecule has 0 N–H and O–H groups in total. The number of halogens is 3. The zero-order chi connectivity index (χ0) is 20.3. The molecule has 0 amide bonds. The molecule has 0 radical (unpaired) electrons. The monoisotopic (exact) mass is 406 g/mol. The molecule has 1 saturated carbocycles. The molecule has 27 heavy (non-hydrogen) atoms. The van der Waals surface area contributed by atoms with E-state index in [0.29, 0.717) is 5.92 Å². The van der Waals surface area contributed by atoms with Gasteiger partial charge < -0.3 is 4.74 Å². The van der Waals surface area contributed by atoms with Gasteiger partial charge >= 0.3 is 6.36 Å². The van der Waals surface area contributed by atoms with Crippen LogP contribution in [0.4, 0.5) is 13.2 Å². The average molecular weight is 407 g/mol. The Bertz CT molecular complexity index is 695. The zero-order valence-corrected chi connectivity index (χ0v) is 17.0. The highest BCUT2D eigenvalue weighted by Crippen LogP contribution is 2.34. The van der Waals surface area contributed by atoms with Gasteiger partial charge in [0.15, 0.2) is 9.84 Å². The van der Waals surface area contributed by atoms with E-state index in [-0.39, 0.29) is 17.4 Å². The number of hydrogen-bond acceptors (Lipinski definition) is 3. The van der Waals surface area contributed by atoms with E-state index in [1.54, 1.807) is 32.9 Å². The van der Waals surface area contributed by atoms with Crippen molar-refractivity contribution in [3.05, 3.63) is 29.8 Å². The van der Waals surface area contributed by atoms with Crippen molar-refractivity contribution in [2.24, 2.45) is 11.8 Å². The Balaban J connectivity index is 1.76. The zero-order valence-electron chi connectivity index (χ0n) is 16.2. The minimum absolute atomic E-state index is 0.202. The highest BCUT2D eigenvalue weighted by molar-refractivity contribution is 7.92. The van der Waals surface area contributed by atoms with Crippen LogP contribution in [-0.4, -0.2) is 25.3 Å². The van der Waals surface area contributed by atoms with Crippen molar-refractivity contribution in [1.82, 2.24) is 0 Å². The average Bonchev–Trinajstić information content (AvgIpc) is 2.53. The lowest BCUT2D eigenvalue weighted by molar-refractivity contribution is -0.274. The molecule has 0 aromatic heterocycles. The molecule has 0 saturated heterocycles. The highest BCUT2D eigenvalue weighted by atomic mass is 32.2. The van der Waals surface area contributed by atoms with Crippen LogP contribution in [0.5, 0.6) is 5.75 Å². The molecule has 0 spiro atoms. The number of sulfone groups is 1. The van der Waals surface area contributed by atoms with E-state index in [0.717, 1.165) is 44.1 Å². The van der Waals surface area contributed by atoms with Gasteiger partial charge in [-0.1, -0.05) is 25.0 Å². The van der Waals surface area contributed by atoms with Crippen LogP contribution in [0.25, 0.3) is 0 Å². The van der Waals surface area contributed by atoms with Crippen molar-refractivity contribution in [2.45, 2.75) is 70.4 Å². The molecule has 0 unspecified atom stereocenters. The molecule has 1 fully saturated rings. The molecular weight excluding hydrogens is 377 g/mol. The van der Waals surface area contributed by atoms with E-state index >= 15 is 0 Å². The van der Waals surface area contributed by atoms with E-state index in [9.17, 15) is 21.6 Å². The van der Waals surface area contributed by atoms with E-state index in [2.05, 4.69) is 4.74 Å². The van der Waals surface area contributed by atoms with Crippen molar-refractivity contribution in [2.75, 3.05) is 5.75 Å². The first-order chi connectivity index (χ1) is 12.4. The van der Waals surface area contributed by atoms with Crippen molar-refractivity contribution in [3.8, 4) is 5.75 Å². The highest BCUT2D eigenvalue weighted by Gasteiger charge is 2.33. The van der Waals surface area contributed by atoms with Gasteiger partial charge in [0.1, 0.15) is 5.75 Å². The molecule has 1 aromatic rings. The van der Waals surface area contributed by atoms with Crippen LogP contribution in [0.15, 0.2) is 24.3 Å². The van der Waals surface area contributed by atoms with Gasteiger partial charge in [0, 0.05) is 0 Å². The second-order valence-electron chi connectivity index (χ2n) is 8.51. The summed E-state index contributed by atoms with van der Waals surface area (Å²) >= 11 is 0. The van der Waals surface area contributed by atoms with Crippen LogP contribution in [0, 0.1) is 11.8 Å². The molecule has 7 heteroatoms. The number of hydrogen-bond donors (Lipinski definition) is 0. The van der Waals surface area contributed by atoms with Crippen LogP contribution < -0.4 is 4.74 Å².